The molecule has 14 heteroatoms. The zero-order chi connectivity index (χ0) is 34.4. The summed E-state index contributed by atoms with van der Waals surface area (Å²) in [6, 6.07) is -4.19. The lowest BCUT2D eigenvalue weighted by Crippen LogP contribution is -2.62. The summed E-state index contributed by atoms with van der Waals surface area (Å²) in [5.41, 5.74) is 3.84. The Labute approximate surface area is 268 Å². The molecular weight excluding hydrogens is 600 g/mol. The molecule has 0 aromatic heterocycles. The maximum Gasteiger partial charge on any atom is 0.315 e. The number of hydrogen-bond acceptors (Lipinski definition) is 7. The molecule has 45 heavy (non-hydrogen) atoms. The molecule has 3 aliphatic rings. The van der Waals surface area contributed by atoms with Crippen molar-refractivity contribution in [1.82, 2.24) is 25.2 Å². The molecule has 1 saturated heterocycles. The predicted molar refractivity (Wildman–Crippen MR) is 170 cm³/mol. The van der Waals surface area contributed by atoms with Crippen LogP contribution in [-0.4, -0.2) is 97.7 Å². The molecule has 0 bridgehead atoms. The van der Waals surface area contributed by atoms with Crippen molar-refractivity contribution in [3.8, 4) is 0 Å². The van der Waals surface area contributed by atoms with Gasteiger partial charge in [0.15, 0.2) is 0 Å². The molecule has 1 heterocycles. The number of sulfonamides is 1. The van der Waals surface area contributed by atoms with E-state index in [4.69, 9.17) is 5.73 Å². The van der Waals surface area contributed by atoms with E-state index in [-0.39, 0.29) is 29.7 Å². The fourth-order valence-electron chi connectivity index (χ4n) is 6.61. The Balaban J connectivity index is 1.83. The highest BCUT2D eigenvalue weighted by molar-refractivity contribution is 7.88. The lowest BCUT2D eigenvalue weighted by molar-refractivity contribution is -0.145. The van der Waals surface area contributed by atoms with E-state index in [1.165, 1.54) is 11.9 Å². The number of hydrogen-bond donors (Lipinski definition) is 4. The first-order valence-corrected chi connectivity index (χ1v) is 17.6. The van der Waals surface area contributed by atoms with Crippen molar-refractivity contribution in [2.75, 3.05) is 26.4 Å². The number of carbonyl (C=O) groups excluding carboxylic acids is 5. The lowest BCUT2D eigenvalue weighted by atomic mass is 9.80. The van der Waals surface area contributed by atoms with Gasteiger partial charge in [-0.2, -0.15) is 0 Å². The van der Waals surface area contributed by atoms with E-state index in [0.717, 1.165) is 29.8 Å². The smallest absolute Gasteiger partial charge is 0.315 e. The second kappa shape index (κ2) is 12.8. The minimum absolute atomic E-state index is 0.0305. The van der Waals surface area contributed by atoms with Crippen molar-refractivity contribution in [2.24, 2.45) is 39.7 Å². The third-order valence-electron chi connectivity index (χ3n) is 10.2. The second-order valence-corrected chi connectivity index (χ2v) is 18.2. The van der Waals surface area contributed by atoms with E-state index < -0.39 is 74.6 Å². The fraction of sp³-hybridized carbons (Fsp3) is 0.839. The normalized spacial score (nSPS) is 25.0. The summed E-state index contributed by atoms with van der Waals surface area (Å²) in [4.78, 5) is 67.5. The second-order valence-electron chi connectivity index (χ2n) is 16.1. The van der Waals surface area contributed by atoms with Crippen LogP contribution in [0.3, 0.4) is 0 Å². The molecule has 3 fully saturated rings. The number of ketones is 1. The third-order valence-corrected chi connectivity index (χ3v) is 11.5. The first kappa shape index (κ1) is 36.7. The number of nitrogens with two attached hydrogens (primary N) is 1. The first-order valence-electron chi connectivity index (χ1n) is 15.8. The van der Waals surface area contributed by atoms with Gasteiger partial charge in [-0.15, -0.1) is 0 Å². The van der Waals surface area contributed by atoms with Crippen LogP contribution >= 0.6 is 0 Å². The van der Waals surface area contributed by atoms with Crippen molar-refractivity contribution in [3.05, 3.63) is 0 Å². The van der Waals surface area contributed by atoms with Gasteiger partial charge in [0.05, 0.1) is 12.3 Å². The standard InChI is InChI=1S/C31H54N6O7S/c1-29(2,3)20(16-36(9)45(10,43)44)34-28(42)35-24(30(4,5)6)27(41)37-15-18-21(31(18,7)8)22(37)26(40)33-19(23(38)25(32)39)14-17-12-11-13-17/h17-22,24H,11-16H2,1-10H3,(H2,32,39)(H,33,40)(H2,34,35,42)/t18-,19?,20+,21?,22-,24+/m0/s1. The number of urea groups is 1. The number of primary amides is 1. The van der Waals surface area contributed by atoms with Gasteiger partial charge >= 0.3 is 6.03 Å². The SMILES string of the molecule is CN(C[C@@H](NC(=O)N[C@H](C(=O)N1C[C@H]2C([C@H]1C(=O)NC(CC1CCC1)C(=O)C(N)=O)C2(C)C)C(C)(C)C)C(C)(C)C)S(C)(=O)=O. The summed E-state index contributed by atoms with van der Waals surface area (Å²) in [6.07, 6.45) is 4.26. The van der Waals surface area contributed by atoms with E-state index in [1.54, 1.807) is 0 Å². The molecule has 13 nitrogen and oxygen atoms in total. The van der Waals surface area contributed by atoms with Gasteiger partial charge < -0.3 is 26.6 Å². The van der Waals surface area contributed by atoms with Crippen LogP contribution < -0.4 is 21.7 Å². The van der Waals surface area contributed by atoms with E-state index in [1.807, 2.05) is 55.4 Å². The van der Waals surface area contributed by atoms with Crippen LogP contribution in [0.5, 0.6) is 0 Å². The van der Waals surface area contributed by atoms with Crippen molar-refractivity contribution in [2.45, 2.75) is 105 Å². The topological polar surface area (TPSA) is 188 Å². The molecule has 1 aliphatic heterocycles. The molecule has 3 rings (SSSR count). The highest BCUT2D eigenvalue weighted by Crippen LogP contribution is 2.65. The molecule has 2 aliphatic carbocycles. The predicted octanol–water partition coefficient (Wildman–Crippen LogP) is 1.22. The van der Waals surface area contributed by atoms with Crippen LogP contribution in [0.2, 0.25) is 0 Å². The summed E-state index contributed by atoms with van der Waals surface area (Å²) < 4.78 is 25.3. The number of likely N-dealkylation sites (N-methyl/N-ethyl adjacent to an activating group) is 1. The Hall–Kier alpha value is -2.74. The van der Waals surface area contributed by atoms with Crippen LogP contribution in [0.1, 0.15) is 81.1 Å². The monoisotopic (exact) mass is 654 g/mol. The fourth-order valence-corrected chi connectivity index (χ4v) is 7.03. The van der Waals surface area contributed by atoms with Crippen LogP contribution in [0.4, 0.5) is 4.79 Å². The molecule has 2 saturated carbocycles. The Morgan fingerprint density at radius 2 is 1.56 bits per heavy atom. The Bertz CT molecular complexity index is 1300. The van der Waals surface area contributed by atoms with Crippen molar-refractivity contribution in [3.63, 3.8) is 0 Å². The number of nitrogens with zero attached hydrogens (tertiary/aromatic N) is 2. The Morgan fingerprint density at radius 1 is 0.978 bits per heavy atom. The van der Waals surface area contributed by atoms with Gasteiger partial charge in [-0.3, -0.25) is 19.2 Å². The van der Waals surface area contributed by atoms with Crippen LogP contribution in [-0.2, 0) is 29.2 Å². The van der Waals surface area contributed by atoms with Crippen LogP contribution in [0.15, 0.2) is 0 Å². The van der Waals surface area contributed by atoms with Gasteiger partial charge in [0.2, 0.25) is 27.6 Å². The van der Waals surface area contributed by atoms with Gasteiger partial charge in [-0.1, -0.05) is 74.7 Å². The number of fused-ring (bicyclic) bond motifs is 1. The number of carbonyl (C=O) groups is 5. The maximum atomic E-state index is 14.2. The average molecular weight is 655 g/mol. The van der Waals surface area contributed by atoms with Gasteiger partial charge in [0.25, 0.3) is 5.91 Å². The molecule has 0 aromatic carbocycles. The number of likely N-dealkylation sites (tertiary alicyclic amines) is 1. The zero-order valence-corrected chi connectivity index (χ0v) is 29.3. The molecule has 2 unspecified atom stereocenters. The first-order chi connectivity index (χ1) is 20.4. The van der Waals surface area contributed by atoms with Gasteiger partial charge in [0.1, 0.15) is 12.1 Å². The number of piperidine rings is 1. The van der Waals surface area contributed by atoms with Crippen molar-refractivity contribution >= 4 is 39.6 Å². The largest absolute Gasteiger partial charge is 0.363 e. The highest BCUT2D eigenvalue weighted by atomic mass is 32.2. The van der Waals surface area contributed by atoms with Crippen LogP contribution in [0, 0.1) is 34.0 Å². The number of nitrogens with one attached hydrogen (secondary N) is 3. The van der Waals surface area contributed by atoms with Crippen molar-refractivity contribution < 1.29 is 32.4 Å². The Kier molecular flexibility index (Phi) is 10.5. The summed E-state index contributed by atoms with van der Waals surface area (Å²) >= 11 is 0. The molecule has 256 valence electrons. The molecule has 0 spiro atoms. The minimum Gasteiger partial charge on any atom is -0.363 e. The van der Waals surface area contributed by atoms with Gasteiger partial charge in [-0.25, -0.2) is 17.5 Å². The Morgan fingerprint density at radius 3 is 2.00 bits per heavy atom. The zero-order valence-electron chi connectivity index (χ0n) is 28.5. The average Bonchev–Trinajstić information content (AvgIpc) is 3.18. The summed E-state index contributed by atoms with van der Waals surface area (Å²) in [5.74, 6) is -2.78. The van der Waals surface area contributed by atoms with Gasteiger partial charge in [0, 0.05) is 26.2 Å². The van der Waals surface area contributed by atoms with E-state index in [2.05, 4.69) is 16.0 Å². The summed E-state index contributed by atoms with van der Waals surface area (Å²) in [7, 11) is -2.06. The quantitative estimate of drug-likeness (QED) is 0.228. The third kappa shape index (κ3) is 8.35. The van der Waals surface area contributed by atoms with E-state index in [9.17, 15) is 32.4 Å². The molecule has 0 radical (unpaired) electrons. The highest BCUT2D eigenvalue weighted by Gasteiger charge is 2.70. The van der Waals surface area contributed by atoms with Crippen molar-refractivity contribution in [1.29, 1.82) is 0 Å². The van der Waals surface area contributed by atoms with Crippen LogP contribution in [0.25, 0.3) is 0 Å². The van der Waals surface area contributed by atoms with Gasteiger partial charge in [-0.05, 0) is 40.4 Å². The molecule has 6 atom stereocenters. The minimum atomic E-state index is -3.50. The molecule has 5 N–H and O–H groups in total. The van der Waals surface area contributed by atoms with E-state index in [0.29, 0.717) is 13.0 Å². The number of Topliss-reactive ketones (excluding diaryl/α,β-unsaturated/α-hetero) is 1. The summed E-state index contributed by atoms with van der Waals surface area (Å²) in [6.45, 7) is 15.5. The lowest BCUT2D eigenvalue weighted by Gasteiger charge is -2.39. The summed E-state index contributed by atoms with van der Waals surface area (Å²) in [5, 5.41) is 8.45. The molecule has 0 aromatic rings. The number of rotatable bonds is 12. The molecule has 5 amide bonds. The molecular formula is C31H54N6O7S. The maximum absolute atomic E-state index is 14.2. The number of amides is 5. The van der Waals surface area contributed by atoms with E-state index >= 15 is 0 Å².